The van der Waals surface area contributed by atoms with Gasteiger partial charge in [-0.1, -0.05) is 0 Å². The first-order valence-electron chi connectivity index (χ1n) is 9.31. The zero-order valence-electron chi connectivity index (χ0n) is 15.5. The second kappa shape index (κ2) is 7.30. The Hall–Kier alpha value is -3.82. The van der Waals surface area contributed by atoms with E-state index in [1.165, 1.54) is 11.1 Å². The van der Waals surface area contributed by atoms with Gasteiger partial charge in [-0.15, -0.1) is 0 Å². The average Bonchev–Trinajstić information content (AvgIpc) is 3.56. The quantitative estimate of drug-likeness (QED) is 0.550. The first-order valence-corrected chi connectivity index (χ1v) is 9.31. The van der Waals surface area contributed by atoms with E-state index in [0.717, 1.165) is 23.5 Å². The molecule has 0 radical (unpaired) electrons. The van der Waals surface area contributed by atoms with Crippen LogP contribution in [0.1, 0.15) is 40.1 Å². The molecule has 0 aliphatic carbocycles. The third-order valence-electron chi connectivity index (χ3n) is 5.00. The van der Waals surface area contributed by atoms with Crippen molar-refractivity contribution < 1.29 is 9.21 Å². The summed E-state index contributed by atoms with van der Waals surface area (Å²) in [5.41, 5.74) is 2.92. The van der Waals surface area contributed by atoms with E-state index in [-0.39, 0.29) is 11.8 Å². The van der Waals surface area contributed by atoms with Crippen LogP contribution in [0.3, 0.4) is 0 Å². The minimum absolute atomic E-state index is 0.116. The van der Waals surface area contributed by atoms with Crippen LogP contribution in [0.4, 0.5) is 0 Å². The summed E-state index contributed by atoms with van der Waals surface area (Å²) in [5, 5.41) is 15.1. The maximum absolute atomic E-state index is 12.7. The molecule has 0 spiro atoms. The molecule has 10 heteroatoms. The van der Waals surface area contributed by atoms with Gasteiger partial charge < -0.3 is 9.32 Å². The predicted octanol–water partition coefficient (Wildman–Crippen LogP) is 1.59. The van der Waals surface area contributed by atoms with Crippen LogP contribution < -0.4 is 0 Å². The Kier molecular flexibility index (Phi) is 4.35. The van der Waals surface area contributed by atoms with Crippen LogP contribution in [0.25, 0.3) is 5.69 Å². The Bertz CT molecular complexity index is 1090. The van der Waals surface area contributed by atoms with E-state index in [1.807, 2.05) is 18.2 Å². The average molecular weight is 390 g/mol. The Morgan fingerprint density at radius 2 is 2.10 bits per heavy atom. The molecule has 0 saturated carbocycles. The van der Waals surface area contributed by atoms with Gasteiger partial charge in [-0.25, -0.2) is 4.98 Å². The molecule has 1 atom stereocenters. The third kappa shape index (κ3) is 3.51. The van der Waals surface area contributed by atoms with Gasteiger partial charge in [0.05, 0.1) is 25.0 Å². The number of oxazole rings is 1. The van der Waals surface area contributed by atoms with Gasteiger partial charge >= 0.3 is 0 Å². The summed E-state index contributed by atoms with van der Waals surface area (Å²) in [6.45, 7) is 1.34. The molecule has 10 nitrogen and oxygen atoms in total. The topological polar surface area (TPSA) is 119 Å². The maximum Gasteiger partial charge on any atom is 0.275 e. The smallest absolute Gasteiger partial charge is 0.275 e. The molecule has 1 aliphatic heterocycles. The number of amides is 1. The highest BCUT2D eigenvalue weighted by Gasteiger charge is 2.30. The van der Waals surface area contributed by atoms with E-state index in [9.17, 15) is 4.79 Å². The van der Waals surface area contributed by atoms with Crippen LogP contribution in [0, 0.1) is 0 Å². The summed E-state index contributed by atoms with van der Waals surface area (Å²) >= 11 is 0. The zero-order valence-corrected chi connectivity index (χ0v) is 15.5. The van der Waals surface area contributed by atoms with Gasteiger partial charge in [0.15, 0.2) is 5.69 Å². The summed E-state index contributed by atoms with van der Waals surface area (Å²) < 4.78 is 5.51. The zero-order chi connectivity index (χ0) is 19.6. The lowest BCUT2D eigenvalue weighted by Crippen LogP contribution is -2.28. The Labute approximate surface area is 165 Å². The minimum Gasteiger partial charge on any atom is -0.448 e. The van der Waals surface area contributed by atoms with E-state index in [2.05, 4.69) is 30.4 Å². The SMILES string of the molecule is O=C(c1coc(Cc2ccc(-n3nccn3)cn2)n1)N1CC[C@H](c2ccn[nH]2)C1. The Morgan fingerprint density at radius 3 is 2.86 bits per heavy atom. The molecule has 1 saturated heterocycles. The van der Waals surface area contributed by atoms with Gasteiger partial charge in [0.2, 0.25) is 5.89 Å². The van der Waals surface area contributed by atoms with Crippen molar-refractivity contribution in [1.82, 2.24) is 40.1 Å². The lowest BCUT2D eigenvalue weighted by Gasteiger charge is -2.14. The van der Waals surface area contributed by atoms with E-state index < -0.39 is 0 Å². The Morgan fingerprint density at radius 1 is 1.21 bits per heavy atom. The van der Waals surface area contributed by atoms with Crippen molar-refractivity contribution in [2.75, 3.05) is 13.1 Å². The molecule has 146 valence electrons. The number of rotatable bonds is 5. The monoisotopic (exact) mass is 390 g/mol. The molecule has 0 unspecified atom stereocenters. The summed E-state index contributed by atoms with van der Waals surface area (Å²) in [7, 11) is 0. The van der Waals surface area contributed by atoms with Crippen LogP contribution in [0.2, 0.25) is 0 Å². The van der Waals surface area contributed by atoms with Crippen molar-refractivity contribution in [2.45, 2.75) is 18.8 Å². The van der Waals surface area contributed by atoms with Crippen molar-refractivity contribution in [3.05, 3.63) is 72.2 Å². The number of aromatic nitrogens is 7. The number of hydrogen-bond donors (Lipinski definition) is 1. The van der Waals surface area contributed by atoms with Crippen molar-refractivity contribution >= 4 is 5.91 Å². The standard InChI is InChI=1S/C19H18N8O2/c28-19(26-8-4-13(11-26)16-3-5-21-25-16)17-12-29-18(24-17)9-14-1-2-15(10-20-14)27-22-6-7-23-27/h1-3,5-7,10,12-13H,4,8-9,11H2,(H,21,25)/t13-/m0/s1. The number of aromatic amines is 1. The second-order valence-corrected chi connectivity index (χ2v) is 6.88. The van der Waals surface area contributed by atoms with Crippen molar-refractivity contribution in [2.24, 2.45) is 0 Å². The number of likely N-dealkylation sites (tertiary alicyclic amines) is 1. The molecule has 0 bridgehead atoms. The maximum atomic E-state index is 12.7. The lowest BCUT2D eigenvalue weighted by atomic mass is 10.1. The molecule has 1 aliphatic rings. The van der Waals surface area contributed by atoms with Gasteiger partial charge in [0.25, 0.3) is 5.91 Å². The first kappa shape index (κ1) is 17.3. The number of carbonyl (C=O) groups is 1. The molecule has 5 heterocycles. The van der Waals surface area contributed by atoms with Gasteiger partial charge in [0.1, 0.15) is 12.0 Å². The number of nitrogens with one attached hydrogen (secondary N) is 1. The summed E-state index contributed by atoms with van der Waals surface area (Å²) in [5.74, 6) is 0.616. The second-order valence-electron chi connectivity index (χ2n) is 6.88. The van der Waals surface area contributed by atoms with Crippen molar-refractivity contribution in [3.8, 4) is 5.69 Å². The van der Waals surface area contributed by atoms with Crippen LogP contribution >= 0.6 is 0 Å². The molecule has 1 N–H and O–H groups in total. The van der Waals surface area contributed by atoms with Crippen LogP contribution in [0.5, 0.6) is 0 Å². The van der Waals surface area contributed by atoms with Crippen LogP contribution in [0.15, 0.2) is 53.7 Å². The number of H-pyrrole nitrogens is 1. The molecule has 4 aromatic heterocycles. The number of nitrogens with zero attached hydrogens (tertiary/aromatic N) is 7. The first-order chi connectivity index (χ1) is 14.3. The number of pyridine rings is 1. The van der Waals surface area contributed by atoms with Gasteiger partial charge in [0, 0.05) is 36.6 Å². The molecule has 0 aromatic carbocycles. The highest BCUT2D eigenvalue weighted by molar-refractivity contribution is 5.92. The van der Waals surface area contributed by atoms with Crippen LogP contribution in [-0.2, 0) is 6.42 Å². The molecular weight excluding hydrogens is 372 g/mol. The van der Waals surface area contributed by atoms with Gasteiger partial charge in [-0.3, -0.25) is 14.9 Å². The molecule has 1 amide bonds. The molecular formula is C19H18N8O2. The van der Waals surface area contributed by atoms with Gasteiger partial charge in [-0.05, 0) is 24.6 Å². The summed E-state index contributed by atoms with van der Waals surface area (Å²) in [4.78, 5) is 24.8. The van der Waals surface area contributed by atoms with E-state index >= 15 is 0 Å². The third-order valence-corrected chi connectivity index (χ3v) is 5.00. The van der Waals surface area contributed by atoms with Crippen molar-refractivity contribution in [3.63, 3.8) is 0 Å². The number of hydrogen-bond acceptors (Lipinski definition) is 7. The normalized spacial score (nSPS) is 16.4. The largest absolute Gasteiger partial charge is 0.448 e. The highest BCUT2D eigenvalue weighted by atomic mass is 16.3. The van der Waals surface area contributed by atoms with E-state index in [0.29, 0.717) is 31.1 Å². The number of carbonyl (C=O) groups excluding carboxylic acids is 1. The fourth-order valence-electron chi connectivity index (χ4n) is 3.49. The predicted molar refractivity (Wildman–Crippen MR) is 100 cm³/mol. The van der Waals surface area contributed by atoms with Gasteiger partial charge in [-0.2, -0.15) is 20.1 Å². The molecule has 1 fully saturated rings. The van der Waals surface area contributed by atoms with E-state index in [4.69, 9.17) is 4.42 Å². The molecule has 29 heavy (non-hydrogen) atoms. The minimum atomic E-state index is -0.116. The summed E-state index contributed by atoms with van der Waals surface area (Å²) in [6.07, 6.45) is 9.35. The molecule has 5 rings (SSSR count). The highest BCUT2D eigenvalue weighted by Crippen LogP contribution is 2.26. The summed E-state index contributed by atoms with van der Waals surface area (Å²) in [6, 6.07) is 5.69. The Balaban J connectivity index is 1.23. The lowest BCUT2D eigenvalue weighted by molar-refractivity contribution is 0.0785. The van der Waals surface area contributed by atoms with Crippen LogP contribution in [-0.4, -0.2) is 59.1 Å². The van der Waals surface area contributed by atoms with Crippen molar-refractivity contribution in [1.29, 1.82) is 0 Å². The fraction of sp³-hybridized carbons (Fsp3) is 0.263. The van der Waals surface area contributed by atoms with E-state index in [1.54, 1.807) is 29.7 Å². The fourth-order valence-corrected chi connectivity index (χ4v) is 3.49. The molecule has 4 aromatic rings.